The number of rotatable bonds is 27. The number of hydrogen-bond acceptors (Lipinski definition) is 19. The number of amides is 7. The van der Waals surface area contributed by atoms with Crippen LogP contribution in [0, 0.1) is 11.8 Å². The Morgan fingerprint density at radius 2 is 1.44 bits per heavy atom. The molecule has 4 aliphatic rings. The van der Waals surface area contributed by atoms with Gasteiger partial charge >= 0.3 is 0 Å². The highest BCUT2D eigenvalue weighted by molar-refractivity contribution is 6.31. The molecular formula is C63H84N8O18. The van der Waals surface area contributed by atoms with Crippen molar-refractivity contribution in [3.63, 3.8) is 0 Å². The lowest BCUT2D eigenvalue weighted by Gasteiger charge is -2.43. The van der Waals surface area contributed by atoms with Gasteiger partial charge in [-0.3, -0.25) is 47.9 Å². The van der Waals surface area contributed by atoms with Crippen molar-refractivity contribution >= 4 is 58.7 Å². The molecule has 3 aromatic rings. The predicted molar refractivity (Wildman–Crippen MR) is 319 cm³/mol. The fourth-order valence-electron chi connectivity index (χ4n) is 12.1. The Morgan fingerprint density at radius 3 is 2.07 bits per heavy atom. The lowest BCUT2D eigenvalue weighted by molar-refractivity contribution is -0.249. The second-order valence-electron chi connectivity index (χ2n) is 24.2. The first-order valence-corrected chi connectivity index (χ1v) is 30.2. The largest absolute Gasteiger partial charge is 0.507 e. The van der Waals surface area contributed by atoms with Gasteiger partial charge in [-0.25, -0.2) is 0 Å². The summed E-state index contributed by atoms with van der Waals surface area (Å²) in [7, 11) is 1.28. The number of aliphatic hydroxyl groups excluding tert-OH is 2. The highest BCUT2D eigenvalue weighted by atomic mass is 16.7. The highest BCUT2D eigenvalue weighted by Gasteiger charge is 2.51. The van der Waals surface area contributed by atoms with Crippen molar-refractivity contribution in [3.8, 4) is 17.2 Å². The number of aromatic hydroxyl groups is 2. The first-order chi connectivity index (χ1) is 42.2. The molecule has 0 bridgehead atoms. The number of aryl methyl sites for hydroxylation is 1. The Hall–Kier alpha value is -7.88. The van der Waals surface area contributed by atoms with Crippen LogP contribution in [0.3, 0.4) is 0 Å². The van der Waals surface area contributed by atoms with E-state index in [9.17, 15) is 73.5 Å². The molecule has 3 aromatic carbocycles. The Kier molecular flexibility index (Phi) is 23.2. The molecule has 2 saturated heterocycles. The quantitative estimate of drug-likeness (QED) is 0.0365. The van der Waals surface area contributed by atoms with Gasteiger partial charge in [0, 0.05) is 49.4 Å². The van der Waals surface area contributed by atoms with Crippen molar-refractivity contribution in [1.82, 2.24) is 36.8 Å². The molecule has 2 fully saturated rings. The number of Topliss-reactive ketones (excluding diaryl/α,β-unsaturated/α-hetero) is 1. The normalized spacial score (nSPS) is 22.6. The van der Waals surface area contributed by atoms with Crippen LogP contribution in [0.2, 0.25) is 0 Å². The number of nitrogens with two attached hydrogens (primary N) is 1. The molecule has 2 aliphatic carbocycles. The molecule has 0 spiro atoms. The summed E-state index contributed by atoms with van der Waals surface area (Å²) in [6.45, 7) is 8.92. The summed E-state index contributed by atoms with van der Waals surface area (Å²) in [5.41, 5.74) is 2.15. The number of ether oxygens (including phenoxy) is 3. The number of ketones is 3. The first-order valence-electron chi connectivity index (χ1n) is 30.2. The van der Waals surface area contributed by atoms with Crippen molar-refractivity contribution in [1.29, 1.82) is 0 Å². The van der Waals surface area contributed by atoms with Crippen LogP contribution in [0.1, 0.15) is 154 Å². The molecule has 26 heteroatoms. The molecule has 26 nitrogen and oxygen atoms in total. The van der Waals surface area contributed by atoms with E-state index in [-0.39, 0.29) is 90.8 Å². The third-order valence-corrected chi connectivity index (χ3v) is 16.7. The summed E-state index contributed by atoms with van der Waals surface area (Å²) in [6.07, 6.45) is -5.41. The summed E-state index contributed by atoms with van der Waals surface area (Å²) >= 11 is 0. The van der Waals surface area contributed by atoms with E-state index in [0.717, 1.165) is 5.56 Å². The topological polar surface area (TPSA) is 401 Å². The maximum Gasteiger partial charge on any atom is 0.243 e. The van der Waals surface area contributed by atoms with Gasteiger partial charge in [-0.1, -0.05) is 70.2 Å². The Bertz CT molecular complexity index is 3160. The zero-order chi connectivity index (χ0) is 65.2. The smallest absolute Gasteiger partial charge is 0.243 e. The minimum absolute atomic E-state index is 0.00584. The van der Waals surface area contributed by atoms with Crippen LogP contribution in [-0.2, 0) is 60.7 Å². The standard InChI is InChI=1S/C63H84N8O18/c1-31(2)24-41(70-62(85)43-18-13-23-71(43)34(6)73)58(81)65-29-47(75)66-39(21-20-35-14-9-8-10-15-35)60(83)67-38(17-12-22-64)59(82)69-42(25-32(3)4)61(84)68-40-26-48(88-33(5)53(40)76)89-45-28-63(86,46(74)30-72)27-37-50(45)57(80)52-51(55(37)78)54(77)36-16-11-19-44(87-7)49(36)56(52)79/h8-11,14-16,19,31-33,38-43,45,48,53,72,76,78,80,86H,12-13,17-18,20-30,64H2,1-7H3,(H,65,81)(H,66,75)(H,67,83)(H,68,84)(H,69,82)(H,70,85)/t33-,38-,39-,40-,41-,42-,43-,45-,48-,53+,63-/m0/s1. The van der Waals surface area contributed by atoms with Crippen LogP contribution in [0.25, 0.3) is 0 Å². The van der Waals surface area contributed by atoms with Gasteiger partial charge in [-0.2, -0.15) is 0 Å². The number of benzene rings is 3. The maximum absolute atomic E-state index is 14.5. The van der Waals surface area contributed by atoms with Crippen molar-refractivity contribution in [2.24, 2.45) is 17.6 Å². The third kappa shape index (κ3) is 16.1. The van der Waals surface area contributed by atoms with Gasteiger partial charge in [-0.05, 0) is 88.3 Å². The van der Waals surface area contributed by atoms with Crippen LogP contribution in [0.4, 0.5) is 0 Å². The number of phenols is 2. The molecule has 2 aliphatic heterocycles. The summed E-state index contributed by atoms with van der Waals surface area (Å²) in [4.78, 5) is 139. The Labute approximate surface area is 515 Å². The first kappa shape index (κ1) is 68.6. The molecule has 0 radical (unpaired) electrons. The van der Waals surface area contributed by atoms with E-state index in [1.807, 2.05) is 44.2 Å². The number of nitrogens with zero attached hydrogens (tertiary/aromatic N) is 1. The molecule has 7 rings (SSSR count). The molecule has 0 unspecified atom stereocenters. The van der Waals surface area contributed by atoms with E-state index in [2.05, 4.69) is 31.9 Å². The van der Waals surface area contributed by atoms with E-state index >= 15 is 0 Å². The van der Waals surface area contributed by atoms with Crippen LogP contribution in [-0.4, -0.2) is 183 Å². The zero-order valence-electron chi connectivity index (χ0n) is 51.2. The van der Waals surface area contributed by atoms with Gasteiger partial charge in [0.15, 0.2) is 17.9 Å². The SMILES string of the molecule is COc1cccc2c1C(=O)c1c(O)c3c(c(O)c1C2=O)C[C@@](O)(C(=O)CO)C[C@@H]3O[C@H]1C[C@H](NC(=O)[C@H](CC(C)C)NC(=O)[C@H](CCCN)NC(=O)[C@H](CCc2ccccc2)NC(=O)CNC(=O)[C@H](CC(C)C)NC(=O)[C@@H]2CCCN2C(C)=O)[C@H](O)[C@H](C)O1. The number of likely N-dealkylation sites (tertiary alicyclic amines) is 1. The van der Waals surface area contributed by atoms with Gasteiger partial charge in [0.1, 0.15) is 65.8 Å². The van der Waals surface area contributed by atoms with Gasteiger partial charge in [0.05, 0.1) is 48.6 Å². The van der Waals surface area contributed by atoms with Gasteiger partial charge in [0.25, 0.3) is 0 Å². The van der Waals surface area contributed by atoms with Crippen molar-refractivity contribution in [3.05, 3.63) is 87.5 Å². The molecular weight excluding hydrogens is 1160 g/mol. The molecule has 13 N–H and O–H groups in total. The third-order valence-electron chi connectivity index (χ3n) is 16.7. The van der Waals surface area contributed by atoms with Gasteiger partial charge in [0.2, 0.25) is 47.1 Å². The average molecular weight is 1240 g/mol. The van der Waals surface area contributed by atoms with Crippen LogP contribution in [0.15, 0.2) is 48.5 Å². The summed E-state index contributed by atoms with van der Waals surface area (Å²) < 4.78 is 17.8. The number of aliphatic hydroxyl groups is 3. The molecule has 0 aromatic heterocycles. The number of carbonyl (C=O) groups is 10. The van der Waals surface area contributed by atoms with Crippen LogP contribution in [0.5, 0.6) is 17.2 Å². The number of carbonyl (C=O) groups excluding carboxylic acids is 10. The van der Waals surface area contributed by atoms with Crippen LogP contribution >= 0.6 is 0 Å². The van der Waals surface area contributed by atoms with Crippen molar-refractivity contribution in [2.75, 3.05) is 33.4 Å². The number of nitrogens with one attached hydrogen (secondary N) is 6. The van der Waals surface area contributed by atoms with E-state index < -0.39 is 168 Å². The highest BCUT2D eigenvalue weighted by Crippen LogP contribution is 2.52. The van der Waals surface area contributed by atoms with Crippen LogP contribution < -0.4 is 42.4 Å². The van der Waals surface area contributed by atoms with E-state index in [1.54, 1.807) is 13.8 Å². The average Bonchev–Trinajstić information content (AvgIpc) is 1.39. The second-order valence-corrected chi connectivity index (χ2v) is 24.2. The Balaban J connectivity index is 1.06. The molecule has 7 amide bonds. The van der Waals surface area contributed by atoms with Gasteiger partial charge < -0.3 is 82.3 Å². The summed E-state index contributed by atoms with van der Waals surface area (Å²) in [5, 5.41) is 73.5. The van der Waals surface area contributed by atoms with Crippen molar-refractivity contribution in [2.45, 2.75) is 179 Å². The predicted octanol–water partition coefficient (Wildman–Crippen LogP) is 0.689. The molecule has 0 saturated carbocycles. The fourth-order valence-corrected chi connectivity index (χ4v) is 12.1. The monoisotopic (exact) mass is 1240 g/mol. The van der Waals surface area contributed by atoms with Crippen molar-refractivity contribution < 1.29 is 87.7 Å². The lowest BCUT2D eigenvalue weighted by atomic mass is 9.72. The van der Waals surface area contributed by atoms with E-state index in [1.165, 1.54) is 44.1 Å². The van der Waals surface area contributed by atoms with E-state index in [0.29, 0.717) is 25.8 Å². The molecule has 11 atom stereocenters. The molecule has 89 heavy (non-hydrogen) atoms. The zero-order valence-corrected chi connectivity index (χ0v) is 51.2. The number of fused-ring (bicyclic) bond motifs is 3. The fraction of sp³-hybridized carbons (Fsp3) is 0.556. The maximum atomic E-state index is 14.5. The Morgan fingerprint density at radius 1 is 0.798 bits per heavy atom. The number of hydrogen-bond donors (Lipinski definition) is 12. The molecule has 2 heterocycles. The minimum atomic E-state index is -2.46. The number of phenolic OH excluding ortho intramolecular Hbond substituents is 2. The number of methoxy groups -OCH3 is 1. The molecule has 484 valence electrons. The minimum Gasteiger partial charge on any atom is -0.507 e. The summed E-state index contributed by atoms with van der Waals surface area (Å²) in [6, 6.07) is 6.48. The van der Waals surface area contributed by atoms with Gasteiger partial charge in [-0.15, -0.1) is 0 Å². The summed E-state index contributed by atoms with van der Waals surface area (Å²) in [5.74, 6) is -9.23. The van der Waals surface area contributed by atoms with E-state index in [4.69, 9.17) is 19.9 Å². The lowest BCUT2D eigenvalue weighted by Crippen LogP contribution is -2.60. The second kappa shape index (κ2) is 30.1.